The van der Waals surface area contributed by atoms with E-state index in [0.717, 1.165) is 22.2 Å². The fourth-order valence-electron chi connectivity index (χ4n) is 2.63. The summed E-state index contributed by atoms with van der Waals surface area (Å²) in [4.78, 5) is 2.35. The highest BCUT2D eigenvalue weighted by Crippen LogP contribution is 2.32. The van der Waals surface area contributed by atoms with Gasteiger partial charge >= 0.3 is 0 Å². The number of nitrogens with zero attached hydrogens (tertiary/aromatic N) is 1. The Morgan fingerprint density at radius 3 is 2.45 bits per heavy atom. The number of likely N-dealkylation sites (N-methyl/N-ethyl adjacent to an activating group) is 1. The first-order valence-electron chi connectivity index (χ1n) is 7.16. The fraction of sp³-hybridized carbons (Fsp3) is 0.625. The van der Waals surface area contributed by atoms with E-state index < -0.39 is 0 Å². The summed E-state index contributed by atoms with van der Waals surface area (Å²) in [5, 5.41) is 0. The van der Waals surface area contributed by atoms with Crippen LogP contribution in [0.3, 0.4) is 0 Å². The summed E-state index contributed by atoms with van der Waals surface area (Å²) in [6.45, 7) is 7.34. The second-order valence-corrected chi connectivity index (χ2v) is 6.70. The van der Waals surface area contributed by atoms with Crippen LogP contribution in [-0.2, 0) is 0 Å². The molecule has 0 amide bonds. The summed E-state index contributed by atoms with van der Waals surface area (Å²) in [6.07, 6.45) is 1.16. The smallest absolute Gasteiger partial charge is 0.123 e. The zero-order valence-corrected chi connectivity index (χ0v) is 14.8. The van der Waals surface area contributed by atoms with Crippen LogP contribution in [0, 0.1) is 5.92 Å². The van der Waals surface area contributed by atoms with E-state index in [1.54, 1.807) is 7.11 Å². The first kappa shape index (κ1) is 17.5. The van der Waals surface area contributed by atoms with E-state index in [1.165, 1.54) is 0 Å². The number of nitrogens with two attached hydrogens (primary N) is 1. The zero-order chi connectivity index (χ0) is 15.3. The van der Waals surface area contributed by atoms with Crippen LogP contribution in [0.4, 0.5) is 0 Å². The Kier molecular flexibility index (Phi) is 7.00. The molecule has 0 bridgehead atoms. The topological polar surface area (TPSA) is 38.5 Å². The van der Waals surface area contributed by atoms with E-state index >= 15 is 0 Å². The van der Waals surface area contributed by atoms with Gasteiger partial charge in [-0.25, -0.2) is 0 Å². The van der Waals surface area contributed by atoms with E-state index in [-0.39, 0.29) is 6.04 Å². The van der Waals surface area contributed by atoms with E-state index in [0.29, 0.717) is 18.5 Å². The van der Waals surface area contributed by atoms with Gasteiger partial charge in [0, 0.05) is 22.6 Å². The highest BCUT2D eigenvalue weighted by molar-refractivity contribution is 9.10. The van der Waals surface area contributed by atoms with Gasteiger partial charge in [0.05, 0.1) is 13.2 Å². The average Bonchev–Trinajstić information content (AvgIpc) is 2.39. The molecule has 0 aliphatic rings. The van der Waals surface area contributed by atoms with Crippen LogP contribution in [-0.4, -0.2) is 31.6 Å². The van der Waals surface area contributed by atoms with Crippen LogP contribution in [0.1, 0.15) is 38.8 Å². The Balaban J connectivity index is 3.03. The summed E-state index contributed by atoms with van der Waals surface area (Å²) < 4.78 is 6.54. The standard InChI is InChI=1S/C16H27BrN2O/c1-11(2)8-12(3)19(4)15(10-18)14-9-13(17)6-7-16(14)20-5/h6-7,9,11-12,15H,8,10,18H2,1-5H3. The number of methoxy groups -OCH3 is 1. The van der Waals surface area contributed by atoms with Crippen molar-refractivity contribution in [3.05, 3.63) is 28.2 Å². The first-order valence-corrected chi connectivity index (χ1v) is 7.95. The van der Waals surface area contributed by atoms with Crippen LogP contribution >= 0.6 is 15.9 Å². The number of hydrogen-bond donors (Lipinski definition) is 1. The molecule has 0 radical (unpaired) electrons. The molecule has 0 spiro atoms. The molecule has 2 N–H and O–H groups in total. The SMILES string of the molecule is COc1ccc(Br)cc1C(CN)N(C)C(C)CC(C)C. The summed E-state index contributed by atoms with van der Waals surface area (Å²) in [5.41, 5.74) is 7.18. The lowest BCUT2D eigenvalue weighted by Crippen LogP contribution is -2.37. The number of benzene rings is 1. The Morgan fingerprint density at radius 2 is 1.95 bits per heavy atom. The number of ether oxygens (including phenoxy) is 1. The molecule has 2 atom stereocenters. The Morgan fingerprint density at radius 1 is 1.30 bits per heavy atom. The minimum Gasteiger partial charge on any atom is -0.496 e. The molecule has 0 saturated carbocycles. The van der Waals surface area contributed by atoms with Gasteiger partial charge in [-0.15, -0.1) is 0 Å². The zero-order valence-electron chi connectivity index (χ0n) is 13.2. The highest BCUT2D eigenvalue weighted by atomic mass is 79.9. The van der Waals surface area contributed by atoms with E-state index in [2.05, 4.69) is 54.7 Å². The predicted octanol–water partition coefficient (Wildman–Crippen LogP) is 3.82. The molecule has 20 heavy (non-hydrogen) atoms. The van der Waals surface area contributed by atoms with Crippen molar-refractivity contribution in [3.63, 3.8) is 0 Å². The molecule has 0 saturated heterocycles. The van der Waals surface area contributed by atoms with Crippen molar-refractivity contribution in [2.24, 2.45) is 11.7 Å². The lowest BCUT2D eigenvalue weighted by Gasteiger charge is -2.34. The van der Waals surface area contributed by atoms with Gasteiger partial charge in [0.2, 0.25) is 0 Å². The van der Waals surface area contributed by atoms with E-state index in [1.807, 2.05) is 12.1 Å². The molecule has 4 heteroatoms. The summed E-state index contributed by atoms with van der Waals surface area (Å²) in [5.74, 6) is 1.57. The molecule has 1 rings (SSSR count). The van der Waals surface area contributed by atoms with Crippen molar-refractivity contribution in [1.82, 2.24) is 4.90 Å². The molecule has 1 aromatic rings. The average molecular weight is 343 g/mol. The largest absolute Gasteiger partial charge is 0.496 e. The summed E-state index contributed by atoms with van der Waals surface area (Å²) >= 11 is 3.53. The third kappa shape index (κ3) is 4.47. The number of rotatable bonds is 7. The van der Waals surface area contributed by atoms with Gasteiger partial charge in [0.15, 0.2) is 0 Å². The fourth-order valence-corrected chi connectivity index (χ4v) is 3.01. The highest BCUT2D eigenvalue weighted by Gasteiger charge is 2.23. The summed E-state index contributed by atoms with van der Waals surface area (Å²) in [6, 6.07) is 6.73. The minimum absolute atomic E-state index is 0.163. The third-order valence-corrected chi connectivity index (χ3v) is 4.27. The number of halogens is 1. The van der Waals surface area contributed by atoms with Gasteiger partial charge in [0.1, 0.15) is 5.75 Å². The minimum atomic E-state index is 0.163. The maximum Gasteiger partial charge on any atom is 0.123 e. The van der Waals surface area contributed by atoms with Crippen molar-refractivity contribution < 1.29 is 4.74 Å². The Bertz CT molecular complexity index is 423. The van der Waals surface area contributed by atoms with Crippen molar-refractivity contribution in [1.29, 1.82) is 0 Å². The van der Waals surface area contributed by atoms with Crippen LogP contribution in [0.25, 0.3) is 0 Å². The normalized spacial score (nSPS) is 14.7. The van der Waals surface area contributed by atoms with Crippen LogP contribution in [0.2, 0.25) is 0 Å². The molecule has 3 nitrogen and oxygen atoms in total. The maximum absolute atomic E-state index is 6.04. The third-order valence-electron chi connectivity index (χ3n) is 3.77. The molecule has 0 fully saturated rings. The van der Waals surface area contributed by atoms with Crippen molar-refractivity contribution in [2.75, 3.05) is 20.7 Å². The van der Waals surface area contributed by atoms with Crippen molar-refractivity contribution in [3.8, 4) is 5.75 Å². The van der Waals surface area contributed by atoms with Gasteiger partial charge in [-0.05, 0) is 44.5 Å². The quantitative estimate of drug-likeness (QED) is 0.818. The second-order valence-electron chi connectivity index (χ2n) is 5.78. The van der Waals surface area contributed by atoms with Crippen LogP contribution < -0.4 is 10.5 Å². The van der Waals surface area contributed by atoms with Gasteiger partial charge in [-0.2, -0.15) is 0 Å². The predicted molar refractivity (Wildman–Crippen MR) is 89.2 cm³/mol. The van der Waals surface area contributed by atoms with Crippen LogP contribution in [0.15, 0.2) is 22.7 Å². The molecule has 0 aromatic heterocycles. The van der Waals surface area contributed by atoms with Gasteiger partial charge in [-0.1, -0.05) is 29.8 Å². The molecule has 0 aliphatic heterocycles. The number of hydrogen-bond acceptors (Lipinski definition) is 3. The Hall–Kier alpha value is -0.580. The van der Waals surface area contributed by atoms with Crippen LogP contribution in [0.5, 0.6) is 5.75 Å². The Labute approximate surface area is 131 Å². The molecule has 0 heterocycles. The molecular formula is C16H27BrN2O. The maximum atomic E-state index is 6.04. The van der Waals surface area contributed by atoms with Crippen molar-refractivity contribution in [2.45, 2.75) is 39.3 Å². The summed E-state index contributed by atoms with van der Waals surface area (Å²) in [7, 11) is 3.85. The first-order chi connectivity index (χ1) is 9.40. The second kappa shape index (κ2) is 8.01. The van der Waals surface area contributed by atoms with E-state index in [4.69, 9.17) is 10.5 Å². The van der Waals surface area contributed by atoms with Gasteiger partial charge in [-0.3, -0.25) is 4.90 Å². The molecule has 2 unspecified atom stereocenters. The van der Waals surface area contributed by atoms with Gasteiger partial charge in [0.25, 0.3) is 0 Å². The lowest BCUT2D eigenvalue weighted by atomic mass is 9.99. The van der Waals surface area contributed by atoms with Gasteiger partial charge < -0.3 is 10.5 Å². The van der Waals surface area contributed by atoms with Crippen molar-refractivity contribution >= 4 is 15.9 Å². The lowest BCUT2D eigenvalue weighted by molar-refractivity contribution is 0.166. The molecule has 0 aliphatic carbocycles. The monoisotopic (exact) mass is 342 g/mol. The van der Waals surface area contributed by atoms with E-state index in [9.17, 15) is 0 Å². The molecule has 114 valence electrons. The molecule has 1 aromatic carbocycles. The molecular weight excluding hydrogens is 316 g/mol.